The number of esters is 1. The lowest BCUT2D eigenvalue weighted by atomic mass is 9.97. The Kier molecular flexibility index (Phi) is 8.38. The Morgan fingerprint density at radius 1 is 1.05 bits per heavy atom. The highest BCUT2D eigenvalue weighted by Crippen LogP contribution is 2.47. The summed E-state index contributed by atoms with van der Waals surface area (Å²) in [5.41, 5.74) is 5.04. The van der Waals surface area contributed by atoms with Crippen molar-refractivity contribution < 1.29 is 23.8 Å². The molecule has 1 aromatic heterocycles. The zero-order valence-electron chi connectivity index (χ0n) is 21.7. The number of unbranched alkanes of at least 4 members (excludes halogenated alkanes) is 1. The van der Waals surface area contributed by atoms with E-state index < -0.39 is 11.9 Å². The molecule has 0 atom stereocenters. The number of hydrogen-bond donors (Lipinski definition) is 1. The van der Waals surface area contributed by atoms with Gasteiger partial charge in [-0.1, -0.05) is 73.5 Å². The lowest BCUT2D eigenvalue weighted by Gasteiger charge is -2.15. The van der Waals surface area contributed by atoms with Gasteiger partial charge in [-0.05, 0) is 56.7 Å². The van der Waals surface area contributed by atoms with Gasteiger partial charge in [0.1, 0.15) is 12.4 Å². The van der Waals surface area contributed by atoms with E-state index in [-0.39, 0.29) is 24.0 Å². The summed E-state index contributed by atoms with van der Waals surface area (Å²) in [5, 5.41) is 9.96. The van der Waals surface area contributed by atoms with Crippen LogP contribution in [0.3, 0.4) is 0 Å². The topological polar surface area (TPSA) is 94.6 Å². The maximum Gasteiger partial charge on any atom is 0.355 e. The number of carboxylic acids is 1. The Bertz CT molecular complexity index is 1640. The molecule has 5 rings (SSSR count). The van der Waals surface area contributed by atoms with Crippen molar-refractivity contribution in [3.05, 3.63) is 111 Å². The molecule has 0 amide bonds. The maximum atomic E-state index is 13.4. The molecule has 0 fully saturated rings. The standard InChI is InChI=1S/C31H26BrClN2O5/c1-2-3-13-25-34-29(33)28(30(36)37)35(25)16-23-20-14-15-39-18-24(20)27(32)26(23)21-11-7-8-12-22(21)31(38)40-17-19-9-5-4-6-10-19/h4-12,14-15,18H,2-3,13,16-17H2,1H3,(H,36,37). The zero-order valence-corrected chi connectivity index (χ0v) is 24.0. The van der Waals surface area contributed by atoms with E-state index in [0.717, 1.165) is 45.1 Å². The molecule has 0 unspecified atom stereocenters. The third-order valence-electron chi connectivity index (χ3n) is 6.78. The number of aryl methyl sites for hydroxylation is 1. The summed E-state index contributed by atoms with van der Waals surface area (Å²) in [6.45, 7) is 2.37. The van der Waals surface area contributed by atoms with Gasteiger partial charge in [0.15, 0.2) is 10.8 Å². The molecule has 204 valence electrons. The first-order chi connectivity index (χ1) is 19.4. The van der Waals surface area contributed by atoms with Gasteiger partial charge >= 0.3 is 11.9 Å². The number of nitrogens with zero attached hydrogens (tertiary/aromatic N) is 2. The van der Waals surface area contributed by atoms with Crippen LogP contribution >= 0.6 is 27.5 Å². The number of halogens is 2. The molecule has 1 aliphatic heterocycles. The first-order valence-electron chi connectivity index (χ1n) is 12.9. The van der Waals surface area contributed by atoms with Crippen molar-refractivity contribution in [2.75, 3.05) is 0 Å². The Labute approximate surface area is 244 Å². The maximum absolute atomic E-state index is 13.4. The molecular weight excluding hydrogens is 596 g/mol. The summed E-state index contributed by atoms with van der Waals surface area (Å²) in [7, 11) is 0. The highest BCUT2D eigenvalue weighted by molar-refractivity contribution is 9.10. The average Bonchev–Trinajstić information content (AvgIpc) is 3.43. The van der Waals surface area contributed by atoms with E-state index in [0.29, 0.717) is 23.4 Å². The first-order valence-corrected chi connectivity index (χ1v) is 14.0. The smallest absolute Gasteiger partial charge is 0.355 e. The lowest BCUT2D eigenvalue weighted by Crippen LogP contribution is -2.14. The minimum Gasteiger partial charge on any atom is -0.476 e. The fourth-order valence-electron chi connectivity index (χ4n) is 4.85. The molecule has 0 spiro atoms. The molecule has 40 heavy (non-hydrogen) atoms. The van der Waals surface area contributed by atoms with E-state index in [2.05, 4.69) is 27.8 Å². The van der Waals surface area contributed by atoms with Crippen molar-refractivity contribution in [3.63, 3.8) is 0 Å². The molecule has 2 aromatic carbocycles. The molecule has 0 saturated carbocycles. The Morgan fingerprint density at radius 2 is 1.80 bits per heavy atom. The molecular formula is C31H26BrClN2O5. The van der Waals surface area contributed by atoms with Crippen molar-refractivity contribution >= 4 is 39.5 Å². The van der Waals surface area contributed by atoms with E-state index in [1.54, 1.807) is 29.2 Å². The van der Waals surface area contributed by atoms with Crippen LogP contribution in [0.5, 0.6) is 0 Å². The predicted octanol–water partition coefficient (Wildman–Crippen LogP) is 8.11. The SMILES string of the molecule is CCCCc1nc(Cl)c(C(=O)O)n1Cc1c2ccocc-2c(Br)c1-c1ccccc1C(=O)OCc1ccccc1. The van der Waals surface area contributed by atoms with Gasteiger partial charge in [-0.3, -0.25) is 0 Å². The Balaban J connectivity index is 1.63. The molecule has 3 aromatic rings. The fraction of sp³-hybridized carbons (Fsp3) is 0.194. The second-order valence-electron chi connectivity index (χ2n) is 9.32. The minimum absolute atomic E-state index is 0.0463. The number of benzene rings is 2. The third-order valence-corrected chi connectivity index (χ3v) is 7.87. The van der Waals surface area contributed by atoms with E-state index in [1.165, 1.54) is 0 Å². The zero-order chi connectivity index (χ0) is 28.2. The number of carboxylic acid groups (broad SMARTS) is 1. The monoisotopic (exact) mass is 620 g/mol. The Morgan fingerprint density at radius 3 is 2.55 bits per heavy atom. The number of carbonyl (C=O) groups is 2. The van der Waals surface area contributed by atoms with Crippen LogP contribution in [-0.2, 0) is 24.3 Å². The van der Waals surface area contributed by atoms with Gasteiger partial charge in [-0.25, -0.2) is 14.6 Å². The van der Waals surface area contributed by atoms with Gasteiger partial charge in [0.25, 0.3) is 0 Å². The minimum atomic E-state index is -1.16. The van der Waals surface area contributed by atoms with Crippen molar-refractivity contribution in [1.29, 1.82) is 0 Å². The van der Waals surface area contributed by atoms with Crippen LogP contribution in [0.25, 0.3) is 22.3 Å². The number of hydrogen-bond acceptors (Lipinski definition) is 5. The van der Waals surface area contributed by atoms with Gasteiger partial charge in [-0.2, -0.15) is 0 Å². The van der Waals surface area contributed by atoms with Gasteiger partial charge in [0.2, 0.25) is 0 Å². The summed E-state index contributed by atoms with van der Waals surface area (Å²) in [6.07, 6.45) is 5.53. The number of aromatic nitrogens is 2. The molecule has 1 N–H and O–H groups in total. The summed E-state index contributed by atoms with van der Waals surface area (Å²) >= 11 is 10.1. The van der Waals surface area contributed by atoms with Crippen LogP contribution in [0.2, 0.25) is 5.15 Å². The largest absolute Gasteiger partial charge is 0.476 e. The third kappa shape index (κ3) is 5.42. The fourth-order valence-corrected chi connectivity index (χ4v) is 5.89. The van der Waals surface area contributed by atoms with Gasteiger partial charge < -0.3 is 18.8 Å². The summed E-state index contributed by atoms with van der Waals surface area (Å²) in [5.74, 6) is -1.03. The van der Waals surface area contributed by atoms with Crippen LogP contribution in [0, 0.1) is 0 Å². The molecule has 0 radical (unpaired) electrons. The van der Waals surface area contributed by atoms with Crippen molar-refractivity contribution in [2.45, 2.75) is 39.3 Å². The normalized spacial score (nSPS) is 11.2. The number of fused-ring (bicyclic) bond motifs is 1. The first kappa shape index (κ1) is 27.7. The van der Waals surface area contributed by atoms with Crippen LogP contribution in [0.1, 0.15) is 57.6 Å². The molecule has 2 aliphatic rings. The number of carbonyl (C=O) groups excluding carboxylic acids is 1. The van der Waals surface area contributed by atoms with Crippen LogP contribution in [-0.4, -0.2) is 26.6 Å². The molecule has 0 bridgehead atoms. The van der Waals surface area contributed by atoms with E-state index in [9.17, 15) is 14.7 Å². The van der Waals surface area contributed by atoms with Crippen molar-refractivity contribution in [2.24, 2.45) is 0 Å². The highest BCUT2D eigenvalue weighted by atomic mass is 79.9. The summed E-state index contributed by atoms with van der Waals surface area (Å²) in [4.78, 5) is 30.0. The summed E-state index contributed by atoms with van der Waals surface area (Å²) < 4.78 is 13.5. The van der Waals surface area contributed by atoms with E-state index in [4.69, 9.17) is 20.8 Å². The number of imidazole rings is 1. The van der Waals surface area contributed by atoms with Gasteiger partial charge in [-0.15, -0.1) is 0 Å². The average molecular weight is 622 g/mol. The molecule has 1 aliphatic carbocycles. The van der Waals surface area contributed by atoms with Crippen LogP contribution in [0.15, 0.2) is 82.1 Å². The van der Waals surface area contributed by atoms with Gasteiger partial charge in [0.05, 0.1) is 24.6 Å². The van der Waals surface area contributed by atoms with Crippen molar-refractivity contribution in [1.82, 2.24) is 9.55 Å². The molecule has 2 heterocycles. The second kappa shape index (κ2) is 12.1. The highest BCUT2D eigenvalue weighted by Gasteiger charge is 2.29. The lowest BCUT2D eigenvalue weighted by molar-refractivity contribution is 0.0473. The van der Waals surface area contributed by atoms with Gasteiger partial charge in [0, 0.05) is 22.0 Å². The number of ether oxygens (including phenoxy) is 1. The van der Waals surface area contributed by atoms with E-state index in [1.807, 2.05) is 48.5 Å². The molecule has 0 saturated heterocycles. The van der Waals surface area contributed by atoms with Crippen molar-refractivity contribution in [3.8, 4) is 22.3 Å². The quantitative estimate of drug-likeness (QED) is 0.158. The number of aromatic carboxylic acids is 1. The summed E-state index contributed by atoms with van der Waals surface area (Å²) in [6, 6.07) is 18.5. The van der Waals surface area contributed by atoms with E-state index >= 15 is 0 Å². The Hall–Kier alpha value is -3.88. The second-order valence-corrected chi connectivity index (χ2v) is 10.5. The van der Waals surface area contributed by atoms with Crippen LogP contribution in [0.4, 0.5) is 0 Å². The number of rotatable bonds is 10. The predicted molar refractivity (Wildman–Crippen MR) is 156 cm³/mol. The molecule has 9 heteroatoms. The van der Waals surface area contributed by atoms with Crippen LogP contribution < -0.4 is 0 Å². The molecule has 7 nitrogen and oxygen atoms in total.